The predicted octanol–water partition coefficient (Wildman–Crippen LogP) is 3.32. The second kappa shape index (κ2) is 12.2. The molecule has 0 saturated carbocycles. The van der Waals surface area contributed by atoms with Crippen molar-refractivity contribution >= 4 is 57.9 Å². The van der Waals surface area contributed by atoms with Crippen molar-refractivity contribution in [1.29, 1.82) is 0 Å². The van der Waals surface area contributed by atoms with E-state index < -0.39 is 19.8 Å². The summed E-state index contributed by atoms with van der Waals surface area (Å²) in [6.07, 6.45) is 4.59. The van der Waals surface area contributed by atoms with Crippen LogP contribution in [0.4, 0.5) is 0 Å². The van der Waals surface area contributed by atoms with Gasteiger partial charge < -0.3 is 0 Å². The number of hydrogen-bond donors (Lipinski definition) is 0. The molecule has 0 aromatic heterocycles. The first kappa shape index (κ1) is 18.2. The fraction of sp³-hybridized carbons (Fsp3) is 0.909. The molecule has 0 aliphatic rings. The van der Waals surface area contributed by atoms with Gasteiger partial charge in [0.15, 0.2) is 0 Å². The number of hydrogen-bond acceptors (Lipinski definition) is 3. The Balaban J connectivity index is 3.22. The van der Waals surface area contributed by atoms with E-state index in [4.69, 9.17) is 27.9 Å². The molecule has 0 N–H and O–H groups in total. The first-order chi connectivity index (χ1) is 8.02. The zero-order valence-electron chi connectivity index (χ0n) is 10.6. The first-order valence-corrected chi connectivity index (χ1v) is 15.3. The molecule has 102 valence electrons. The molecule has 0 aliphatic heterocycles. The molecule has 0 heterocycles. The van der Waals surface area contributed by atoms with Gasteiger partial charge in [-0.2, -0.15) is 0 Å². The summed E-state index contributed by atoms with van der Waals surface area (Å²) < 4.78 is 4.92. The SMILES string of the molecule is CC(C)CCCCCOC(=O)C[S][SnH2][CH](Cl)Cl. The van der Waals surface area contributed by atoms with Crippen LogP contribution in [0.5, 0.6) is 0 Å². The van der Waals surface area contributed by atoms with E-state index in [0.29, 0.717) is 12.4 Å². The quantitative estimate of drug-likeness (QED) is 0.240. The molecule has 0 amide bonds. The summed E-state index contributed by atoms with van der Waals surface area (Å²) in [6, 6.07) is 0. The molecule has 0 unspecified atom stereocenters. The van der Waals surface area contributed by atoms with Gasteiger partial charge in [0.25, 0.3) is 0 Å². The van der Waals surface area contributed by atoms with Crippen molar-refractivity contribution in [3.05, 3.63) is 0 Å². The Hall–Kier alpha value is 1.20. The van der Waals surface area contributed by atoms with Crippen LogP contribution in [-0.2, 0) is 9.53 Å². The van der Waals surface area contributed by atoms with E-state index >= 15 is 0 Å². The molecule has 0 atom stereocenters. The third-order valence-electron chi connectivity index (χ3n) is 2.15. The summed E-state index contributed by atoms with van der Waals surface area (Å²) >= 11 is 10.1. The fourth-order valence-electron chi connectivity index (χ4n) is 1.29. The van der Waals surface area contributed by atoms with Crippen molar-refractivity contribution in [2.24, 2.45) is 5.92 Å². The third kappa shape index (κ3) is 15.1. The Labute approximate surface area is 127 Å². The zero-order chi connectivity index (χ0) is 13.1. The number of rotatable bonds is 10. The number of esters is 1. The first-order valence-electron chi connectivity index (χ1n) is 6.04. The number of carbonyl (C=O) groups excluding carboxylic acids is 1. The van der Waals surface area contributed by atoms with Gasteiger partial charge in [-0.15, -0.1) is 0 Å². The molecule has 0 bridgehead atoms. The van der Waals surface area contributed by atoms with E-state index in [2.05, 4.69) is 13.8 Å². The van der Waals surface area contributed by atoms with Crippen molar-refractivity contribution in [1.82, 2.24) is 0 Å². The van der Waals surface area contributed by atoms with E-state index in [-0.39, 0.29) is 8.82 Å². The summed E-state index contributed by atoms with van der Waals surface area (Å²) in [5, 5.41) is 0. The maximum atomic E-state index is 11.3. The Bertz CT molecular complexity index is 204. The van der Waals surface area contributed by atoms with Gasteiger partial charge in [0.1, 0.15) is 0 Å². The van der Waals surface area contributed by atoms with Crippen LogP contribution in [-0.4, -0.2) is 40.9 Å². The second-order valence-electron chi connectivity index (χ2n) is 4.37. The topological polar surface area (TPSA) is 26.3 Å². The van der Waals surface area contributed by atoms with Crippen LogP contribution in [0.25, 0.3) is 0 Å². The molecule has 6 heteroatoms. The average Bonchev–Trinajstić information content (AvgIpc) is 2.22. The van der Waals surface area contributed by atoms with Gasteiger partial charge in [-0.3, -0.25) is 0 Å². The van der Waals surface area contributed by atoms with Crippen molar-refractivity contribution in [2.75, 3.05) is 12.4 Å². The molecular weight excluding hydrogens is 386 g/mol. The van der Waals surface area contributed by atoms with Gasteiger partial charge in [0, 0.05) is 0 Å². The van der Waals surface area contributed by atoms with Crippen LogP contribution in [0.3, 0.4) is 0 Å². The molecule has 2 nitrogen and oxygen atoms in total. The molecule has 0 aromatic rings. The van der Waals surface area contributed by atoms with E-state index in [1.54, 1.807) is 8.95 Å². The molecule has 17 heavy (non-hydrogen) atoms. The number of unbranched alkanes of at least 4 members (excludes halogenated alkanes) is 2. The monoisotopic (exact) mass is 408 g/mol. The Morgan fingerprint density at radius 3 is 2.59 bits per heavy atom. The van der Waals surface area contributed by atoms with Crippen LogP contribution >= 0.6 is 32.1 Å². The summed E-state index contributed by atoms with van der Waals surface area (Å²) in [5.41, 5.74) is 0. The number of carbonyl (C=O) groups is 1. The summed E-state index contributed by atoms with van der Waals surface area (Å²) in [6.45, 7) is 5.01. The number of alkyl halides is 2. The summed E-state index contributed by atoms with van der Waals surface area (Å²) in [4.78, 5) is 11.3. The van der Waals surface area contributed by atoms with Gasteiger partial charge in [0.05, 0.1) is 0 Å². The molecule has 0 radical (unpaired) electrons. The molecule has 0 saturated heterocycles. The zero-order valence-corrected chi connectivity index (χ0v) is 16.9. The Morgan fingerprint density at radius 2 is 2.00 bits per heavy atom. The van der Waals surface area contributed by atoms with Crippen LogP contribution in [0.1, 0.15) is 39.5 Å². The normalized spacial score (nSPS) is 11.9. The molecule has 0 aromatic carbocycles. The average molecular weight is 408 g/mol. The van der Waals surface area contributed by atoms with Crippen LogP contribution in [0.15, 0.2) is 0 Å². The van der Waals surface area contributed by atoms with Crippen molar-refractivity contribution in [2.45, 2.75) is 42.4 Å². The van der Waals surface area contributed by atoms with E-state index in [0.717, 1.165) is 18.8 Å². The summed E-state index contributed by atoms with van der Waals surface area (Å²) in [5.74, 6) is 1.07. The van der Waals surface area contributed by atoms with E-state index in [9.17, 15) is 4.79 Å². The van der Waals surface area contributed by atoms with Gasteiger partial charge >= 0.3 is 128 Å². The molecule has 0 fully saturated rings. The minimum absolute atomic E-state index is 0.121. The Kier molecular flexibility index (Phi) is 13.1. The van der Waals surface area contributed by atoms with Crippen molar-refractivity contribution < 1.29 is 9.53 Å². The van der Waals surface area contributed by atoms with E-state index in [1.807, 2.05) is 0 Å². The van der Waals surface area contributed by atoms with E-state index in [1.165, 1.54) is 12.8 Å². The van der Waals surface area contributed by atoms with Gasteiger partial charge in [-0.25, -0.2) is 0 Å². The number of halogens is 2. The van der Waals surface area contributed by atoms with Crippen LogP contribution in [0.2, 0.25) is 0 Å². The van der Waals surface area contributed by atoms with Gasteiger partial charge in [-0.05, 0) is 0 Å². The molecule has 0 spiro atoms. The Morgan fingerprint density at radius 1 is 1.29 bits per heavy atom. The van der Waals surface area contributed by atoms with Crippen molar-refractivity contribution in [3.8, 4) is 0 Å². The number of ether oxygens (including phenoxy) is 1. The molecular formula is C11H22Cl2O2SSn. The minimum atomic E-state index is -1.19. The maximum absolute atomic E-state index is 11.3. The summed E-state index contributed by atoms with van der Waals surface area (Å²) in [7, 11) is 1.61. The van der Waals surface area contributed by atoms with Crippen LogP contribution < -0.4 is 0 Å². The van der Waals surface area contributed by atoms with Crippen molar-refractivity contribution in [3.63, 3.8) is 0 Å². The second-order valence-corrected chi connectivity index (χ2v) is 18.3. The molecule has 0 rings (SSSR count). The third-order valence-corrected chi connectivity index (χ3v) is 14.1. The predicted molar refractivity (Wildman–Crippen MR) is 80.8 cm³/mol. The van der Waals surface area contributed by atoms with Gasteiger partial charge in [-0.1, -0.05) is 0 Å². The molecule has 0 aliphatic carbocycles. The van der Waals surface area contributed by atoms with Crippen LogP contribution in [0, 0.1) is 5.92 Å². The van der Waals surface area contributed by atoms with Gasteiger partial charge in [0.2, 0.25) is 0 Å². The standard InChI is InChI=1S/C10H20O2S.CHCl2.Sn.2H/c1-9(2)6-4-3-5-7-12-10(11)8-13;2-1-3;;;/h9,13H,3-8H2,1-2H3;1H;;;/q;;+1;;/p-1. The fourth-order valence-corrected chi connectivity index (χ4v) is 9.38.